The number of rotatable bonds is 3. The Labute approximate surface area is 82.8 Å². The van der Waals surface area contributed by atoms with Crippen LogP contribution in [-0.2, 0) is 0 Å². The van der Waals surface area contributed by atoms with Gasteiger partial charge >= 0.3 is 6.18 Å². The minimum Gasteiger partial charge on any atom is -0.293 e. The van der Waals surface area contributed by atoms with Crippen molar-refractivity contribution in [2.75, 3.05) is 0 Å². The van der Waals surface area contributed by atoms with Crippen molar-refractivity contribution in [3.05, 3.63) is 16.1 Å². The van der Waals surface area contributed by atoms with Crippen molar-refractivity contribution in [1.82, 2.24) is 4.98 Å². The maximum atomic E-state index is 11.8. The molecule has 0 amide bonds. The molecular weight excluding hydrogens is 215 g/mol. The van der Waals surface area contributed by atoms with E-state index in [0.29, 0.717) is 9.88 Å². The lowest BCUT2D eigenvalue weighted by molar-refractivity contribution is -0.133. The van der Waals surface area contributed by atoms with Crippen molar-refractivity contribution >= 4 is 17.1 Å². The van der Waals surface area contributed by atoms with Gasteiger partial charge in [0, 0.05) is 12.6 Å². The zero-order valence-electron chi connectivity index (χ0n) is 7.39. The van der Waals surface area contributed by atoms with Crippen LogP contribution in [0.1, 0.15) is 27.5 Å². The number of alkyl halides is 3. The molecule has 6 heteroatoms. The summed E-state index contributed by atoms with van der Waals surface area (Å²) in [5.74, 6) is -0.493. The average molecular weight is 223 g/mol. The molecular formula is C8H8F3NOS. The number of aryl methyl sites for hydroxylation is 1. The average Bonchev–Trinajstić information content (AvgIpc) is 2.46. The SMILES string of the molecule is Cc1ncc(C(=O)CCC(F)(F)F)s1. The number of carbonyl (C=O) groups is 1. The van der Waals surface area contributed by atoms with Gasteiger partial charge in [0.05, 0.1) is 16.3 Å². The molecule has 0 radical (unpaired) electrons. The van der Waals surface area contributed by atoms with Gasteiger partial charge in [-0.25, -0.2) is 4.98 Å². The largest absolute Gasteiger partial charge is 0.389 e. The molecule has 1 heterocycles. The Morgan fingerprint density at radius 3 is 2.64 bits per heavy atom. The molecule has 0 saturated heterocycles. The lowest BCUT2D eigenvalue weighted by atomic mass is 10.2. The van der Waals surface area contributed by atoms with Crippen LogP contribution in [0.25, 0.3) is 0 Å². The fourth-order valence-electron chi connectivity index (χ4n) is 0.869. The third kappa shape index (κ3) is 3.45. The van der Waals surface area contributed by atoms with Crippen molar-refractivity contribution in [2.24, 2.45) is 0 Å². The van der Waals surface area contributed by atoms with E-state index in [2.05, 4.69) is 4.98 Å². The summed E-state index contributed by atoms with van der Waals surface area (Å²) >= 11 is 1.12. The van der Waals surface area contributed by atoms with E-state index in [1.165, 1.54) is 6.20 Å². The smallest absolute Gasteiger partial charge is 0.293 e. The Hall–Kier alpha value is -0.910. The number of nitrogens with zero attached hydrogens (tertiary/aromatic N) is 1. The van der Waals surface area contributed by atoms with Crippen LogP contribution in [0.2, 0.25) is 0 Å². The number of thiazole rings is 1. The minimum atomic E-state index is -4.27. The summed E-state index contributed by atoms with van der Waals surface area (Å²) in [4.78, 5) is 15.3. The zero-order valence-corrected chi connectivity index (χ0v) is 8.21. The number of halogens is 3. The van der Waals surface area contributed by atoms with Crippen LogP contribution >= 0.6 is 11.3 Å². The predicted octanol–water partition coefficient (Wildman–Crippen LogP) is 2.98. The van der Waals surface area contributed by atoms with E-state index >= 15 is 0 Å². The Morgan fingerprint density at radius 1 is 1.57 bits per heavy atom. The van der Waals surface area contributed by atoms with Gasteiger partial charge in [-0.05, 0) is 6.92 Å². The highest BCUT2D eigenvalue weighted by Crippen LogP contribution is 2.23. The van der Waals surface area contributed by atoms with Gasteiger partial charge in [0.2, 0.25) is 0 Å². The summed E-state index contributed by atoms with van der Waals surface area (Å²) < 4.78 is 35.3. The van der Waals surface area contributed by atoms with Crippen molar-refractivity contribution in [1.29, 1.82) is 0 Å². The van der Waals surface area contributed by atoms with Crippen LogP contribution in [0.3, 0.4) is 0 Å². The monoisotopic (exact) mass is 223 g/mol. The fraction of sp³-hybridized carbons (Fsp3) is 0.500. The third-order valence-electron chi connectivity index (χ3n) is 1.53. The van der Waals surface area contributed by atoms with E-state index in [1.54, 1.807) is 6.92 Å². The topological polar surface area (TPSA) is 30.0 Å². The summed E-state index contributed by atoms with van der Waals surface area (Å²) in [5.41, 5.74) is 0. The Morgan fingerprint density at radius 2 is 2.21 bits per heavy atom. The van der Waals surface area contributed by atoms with Gasteiger partial charge in [0.25, 0.3) is 0 Å². The second kappa shape index (κ2) is 4.08. The Kier molecular flexibility index (Phi) is 3.25. The first-order valence-electron chi connectivity index (χ1n) is 3.91. The predicted molar refractivity (Wildman–Crippen MR) is 46.5 cm³/mol. The Balaban J connectivity index is 2.52. The summed E-state index contributed by atoms with van der Waals surface area (Å²) in [6.45, 7) is 1.70. The first-order chi connectivity index (χ1) is 6.38. The maximum absolute atomic E-state index is 11.8. The molecule has 0 aliphatic carbocycles. The molecule has 0 N–H and O–H groups in total. The minimum absolute atomic E-state index is 0.298. The number of carbonyl (C=O) groups excluding carboxylic acids is 1. The summed E-state index contributed by atoms with van der Waals surface area (Å²) in [7, 11) is 0. The molecule has 0 saturated carbocycles. The van der Waals surface area contributed by atoms with Gasteiger partial charge in [0.15, 0.2) is 5.78 Å². The molecule has 1 rings (SSSR count). The summed E-state index contributed by atoms with van der Waals surface area (Å²) in [5, 5.41) is 0.681. The van der Waals surface area contributed by atoms with Gasteiger partial charge in [-0.1, -0.05) is 0 Å². The van der Waals surface area contributed by atoms with Crippen LogP contribution in [0, 0.1) is 6.92 Å². The van der Waals surface area contributed by atoms with Crippen LogP contribution in [0.15, 0.2) is 6.20 Å². The van der Waals surface area contributed by atoms with E-state index in [1.807, 2.05) is 0 Å². The molecule has 2 nitrogen and oxygen atoms in total. The second-order valence-corrected chi connectivity index (χ2v) is 4.02. The van der Waals surface area contributed by atoms with Gasteiger partial charge in [-0.2, -0.15) is 13.2 Å². The maximum Gasteiger partial charge on any atom is 0.389 e. The van der Waals surface area contributed by atoms with Crippen molar-refractivity contribution in [2.45, 2.75) is 25.9 Å². The molecule has 1 aromatic heterocycles. The molecule has 1 aromatic rings. The van der Waals surface area contributed by atoms with E-state index in [4.69, 9.17) is 0 Å². The number of hydrogen-bond acceptors (Lipinski definition) is 3. The molecule has 78 valence electrons. The number of aromatic nitrogens is 1. The Bertz CT molecular complexity index is 332. The van der Waals surface area contributed by atoms with Crippen LogP contribution in [0.4, 0.5) is 13.2 Å². The van der Waals surface area contributed by atoms with Crippen LogP contribution in [-0.4, -0.2) is 16.9 Å². The fourth-order valence-corrected chi connectivity index (χ4v) is 1.61. The van der Waals surface area contributed by atoms with E-state index < -0.39 is 24.8 Å². The zero-order chi connectivity index (χ0) is 10.8. The number of Topliss-reactive ketones (excluding diaryl/α,β-unsaturated/α-hetero) is 1. The highest BCUT2D eigenvalue weighted by molar-refractivity contribution is 7.13. The highest BCUT2D eigenvalue weighted by Gasteiger charge is 2.28. The molecule has 14 heavy (non-hydrogen) atoms. The first-order valence-corrected chi connectivity index (χ1v) is 4.72. The molecule has 0 aliphatic heterocycles. The highest BCUT2D eigenvalue weighted by atomic mass is 32.1. The van der Waals surface area contributed by atoms with Gasteiger partial charge < -0.3 is 0 Å². The van der Waals surface area contributed by atoms with E-state index in [0.717, 1.165) is 11.3 Å². The van der Waals surface area contributed by atoms with E-state index in [-0.39, 0.29) is 0 Å². The normalized spacial score (nSPS) is 11.7. The quantitative estimate of drug-likeness (QED) is 0.737. The molecule has 0 aromatic carbocycles. The van der Waals surface area contributed by atoms with Crippen molar-refractivity contribution in [3.8, 4) is 0 Å². The van der Waals surface area contributed by atoms with Crippen LogP contribution < -0.4 is 0 Å². The van der Waals surface area contributed by atoms with Crippen molar-refractivity contribution < 1.29 is 18.0 Å². The summed E-state index contributed by atoms with van der Waals surface area (Å²) in [6, 6.07) is 0. The third-order valence-corrected chi connectivity index (χ3v) is 2.49. The lowest BCUT2D eigenvalue weighted by Gasteiger charge is -2.03. The molecule has 0 fully saturated rings. The van der Waals surface area contributed by atoms with Gasteiger partial charge in [-0.15, -0.1) is 11.3 Å². The molecule has 0 aliphatic rings. The van der Waals surface area contributed by atoms with Crippen LogP contribution in [0.5, 0.6) is 0 Å². The standard InChI is InChI=1S/C8H8F3NOS/c1-5-12-4-7(14-5)6(13)2-3-8(9,10)11/h4H,2-3H2,1H3. The molecule has 0 atom stereocenters. The number of ketones is 1. The lowest BCUT2D eigenvalue weighted by Crippen LogP contribution is -2.10. The molecule has 0 bridgehead atoms. The van der Waals surface area contributed by atoms with Gasteiger partial charge in [0.1, 0.15) is 0 Å². The van der Waals surface area contributed by atoms with E-state index in [9.17, 15) is 18.0 Å². The second-order valence-electron chi connectivity index (χ2n) is 2.78. The number of hydrogen-bond donors (Lipinski definition) is 0. The van der Waals surface area contributed by atoms with Crippen molar-refractivity contribution in [3.63, 3.8) is 0 Å². The summed E-state index contributed by atoms with van der Waals surface area (Å²) in [6.07, 6.45) is -4.51. The molecule has 0 spiro atoms. The van der Waals surface area contributed by atoms with Gasteiger partial charge in [-0.3, -0.25) is 4.79 Å². The molecule has 0 unspecified atom stereocenters. The first kappa shape index (κ1) is 11.2.